The normalized spacial score (nSPS) is 17.4. The van der Waals surface area contributed by atoms with Crippen LogP contribution in [0.2, 0.25) is 0 Å². The first-order chi connectivity index (χ1) is 11.5. The molecular formula is C21H26O3. The Hall–Kier alpha value is -2.16. The standard InChI is InChI=1S/C21H26O3/c1-4-18-12-16(9-8-15(18)2)6-5-7-17-13-19(21(23)24-3)10-11-20(22)14-17/h8-13,17H,4-7,14H2,1-3H3. The van der Waals surface area contributed by atoms with E-state index in [0.717, 1.165) is 25.7 Å². The summed E-state index contributed by atoms with van der Waals surface area (Å²) in [6.45, 7) is 4.32. The molecule has 0 saturated heterocycles. The van der Waals surface area contributed by atoms with Crippen molar-refractivity contribution in [2.75, 3.05) is 7.11 Å². The molecule has 3 nitrogen and oxygen atoms in total. The van der Waals surface area contributed by atoms with Crippen molar-refractivity contribution < 1.29 is 14.3 Å². The van der Waals surface area contributed by atoms with Crippen LogP contribution < -0.4 is 0 Å². The predicted octanol–water partition coefficient (Wildman–Crippen LogP) is 4.12. The molecule has 1 aliphatic rings. The van der Waals surface area contributed by atoms with Gasteiger partial charge < -0.3 is 4.74 Å². The zero-order valence-electron chi connectivity index (χ0n) is 14.8. The number of methoxy groups -OCH3 is 1. The average molecular weight is 326 g/mol. The number of allylic oxidation sites excluding steroid dienone is 2. The Bertz CT molecular complexity index is 668. The number of hydrogen-bond donors (Lipinski definition) is 0. The number of benzene rings is 1. The summed E-state index contributed by atoms with van der Waals surface area (Å²) >= 11 is 0. The molecule has 3 heteroatoms. The molecule has 1 aromatic carbocycles. The number of ketones is 1. The average Bonchev–Trinajstić information content (AvgIpc) is 2.77. The van der Waals surface area contributed by atoms with Crippen LogP contribution in [0.4, 0.5) is 0 Å². The predicted molar refractivity (Wildman–Crippen MR) is 95.8 cm³/mol. The van der Waals surface area contributed by atoms with E-state index in [1.807, 2.05) is 6.08 Å². The number of aryl methyl sites for hydroxylation is 3. The molecular weight excluding hydrogens is 300 g/mol. The van der Waals surface area contributed by atoms with E-state index < -0.39 is 0 Å². The first-order valence-electron chi connectivity index (χ1n) is 8.63. The number of esters is 1. The second-order valence-corrected chi connectivity index (χ2v) is 6.38. The largest absolute Gasteiger partial charge is 0.465 e. The van der Waals surface area contributed by atoms with Crippen molar-refractivity contribution in [1.29, 1.82) is 0 Å². The fourth-order valence-electron chi connectivity index (χ4n) is 3.15. The van der Waals surface area contributed by atoms with Gasteiger partial charge in [0, 0.05) is 6.42 Å². The molecule has 1 aromatic rings. The summed E-state index contributed by atoms with van der Waals surface area (Å²) in [5, 5.41) is 0. The van der Waals surface area contributed by atoms with Crippen LogP contribution in [0.1, 0.15) is 42.9 Å². The number of ether oxygens (including phenoxy) is 1. The highest BCUT2D eigenvalue weighted by molar-refractivity contribution is 5.97. The zero-order valence-corrected chi connectivity index (χ0v) is 14.8. The van der Waals surface area contributed by atoms with Crippen LogP contribution in [0.15, 0.2) is 42.0 Å². The van der Waals surface area contributed by atoms with Crippen molar-refractivity contribution in [3.05, 3.63) is 58.7 Å². The number of rotatable bonds is 6. The molecule has 1 unspecified atom stereocenters. The van der Waals surface area contributed by atoms with E-state index in [9.17, 15) is 9.59 Å². The second kappa shape index (κ2) is 8.62. The van der Waals surface area contributed by atoms with Gasteiger partial charge in [-0.3, -0.25) is 4.79 Å². The third-order valence-electron chi connectivity index (χ3n) is 4.58. The fourth-order valence-corrected chi connectivity index (χ4v) is 3.15. The van der Waals surface area contributed by atoms with E-state index in [2.05, 4.69) is 32.0 Å². The lowest BCUT2D eigenvalue weighted by Gasteiger charge is -2.12. The topological polar surface area (TPSA) is 43.4 Å². The van der Waals surface area contributed by atoms with Gasteiger partial charge >= 0.3 is 5.97 Å². The molecule has 24 heavy (non-hydrogen) atoms. The van der Waals surface area contributed by atoms with E-state index in [1.54, 1.807) is 6.08 Å². The van der Waals surface area contributed by atoms with Crippen molar-refractivity contribution in [3.8, 4) is 0 Å². The first-order valence-corrected chi connectivity index (χ1v) is 8.63. The van der Waals surface area contributed by atoms with Crippen molar-refractivity contribution in [1.82, 2.24) is 0 Å². The highest BCUT2D eigenvalue weighted by atomic mass is 16.5. The Morgan fingerprint density at radius 1 is 1.29 bits per heavy atom. The molecule has 0 saturated carbocycles. The van der Waals surface area contributed by atoms with Crippen LogP contribution in [-0.4, -0.2) is 18.9 Å². The summed E-state index contributed by atoms with van der Waals surface area (Å²) in [6, 6.07) is 6.65. The zero-order chi connectivity index (χ0) is 17.5. The molecule has 1 atom stereocenters. The smallest absolute Gasteiger partial charge is 0.337 e. The summed E-state index contributed by atoms with van der Waals surface area (Å²) in [6.07, 6.45) is 9.34. The van der Waals surface area contributed by atoms with Crippen LogP contribution in [0.25, 0.3) is 0 Å². The van der Waals surface area contributed by atoms with Crippen molar-refractivity contribution >= 4 is 11.8 Å². The van der Waals surface area contributed by atoms with Crippen molar-refractivity contribution in [2.45, 2.75) is 46.0 Å². The molecule has 2 rings (SSSR count). The van der Waals surface area contributed by atoms with Gasteiger partial charge in [-0.05, 0) is 67.4 Å². The van der Waals surface area contributed by atoms with Gasteiger partial charge in [-0.15, -0.1) is 0 Å². The molecule has 0 aromatic heterocycles. The SMILES string of the molecule is CCc1cc(CCCC2C=C(C(=O)OC)C=CC(=O)C2)ccc1C. The van der Waals surface area contributed by atoms with E-state index in [-0.39, 0.29) is 17.7 Å². The Morgan fingerprint density at radius 3 is 2.79 bits per heavy atom. The Balaban J connectivity index is 1.97. The lowest BCUT2D eigenvalue weighted by atomic mass is 9.93. The fraction of sp³-hybridized carbons (Fsp3) is 0.429. The lowest BCUT2D eigenvalue weighted by Crippen LogP contribution is -2.06. The molecule has 128 valence electrons. The van der Waals surface area contributed by atoms with E-state index in [4.69, 9.17) is 4.74 Å². The van der Waals surface area contributed by atoms with Crippen LogP contribution in [0.5, 0.6) is 0 Å². The summed E-state index contributed by atoms with van der Waals surface area (Å²) in [5.74, 6) is -0.214. The van der Waals surface area contributed by atoms with Crippen LogP contribution in [0.3, 0.4) is 0 Å². The monoisotopic (exact) mass is 326 g/mol. The van der Waals surface area contributed by atoms with E-state index in [0.29, 0.717) is 12.0 Å². The summed E-state index contributed by atoms with van der Waals surface area (Å²) in [4.78, 5) is 23.5. The van der Waals surface area contributed by atoms with Gasteiger partial charge in [0.05, 0.1) is 12.7 Å². The summed E-state index contributed by atoms with van der Waals surface area (Å²) in [7, 11) is 1.36. The number of carbonyl (C=O) groups excluding carboxylic acids is 2. The molecule has 0 spiro atoms. The minimum Gasteiger partial charge on any atom is -0.465 e. The van der Waals surface area contributed by atoms with Crippen LogP contribution in [0, 0.1) is 12.8 Å². The van der Waals surface area contributed by atoms with Gasteiger partial charge in [0.1, 0.15) is 0 Å². The van der Waals surface area contributed by atoms with Gasteiger partial charge in [-0.1, -0.05) is 31.2 Å². The van der Waals surface area contributed by atoms with Crippen molar-refractivity contribution in [3.63, 3.8) is 0 Å². The molecule has 0 N–H and O–H groups in total. The number of hydrogen-bond acceptors (Lipinski definition) is 3. The molecule has 1 aliphatic carbocycles. The number of carbonyl (C=O) groups is 2. The minimum atomic E-state index is -0.378. The van der Waals surface area contributed by atoms with Crippen LogP contribution >= 0.6 is 0 Å². The molecule has 0 fully saturated rings. The van der Waals surface area contributed by atoms with E-state index >= 15 is 0 Å². The van der Waals surface area contributed by atoms with Gasteiger partial charge in [0.25, 0.3) is 0 Å². The Morgan fingerprint density at radius 2 is 2.08 bits per heavy atom. The quantitative estimate of drug-likeness (QED) is 0.738. The second-order valence-electron chi connectivity index (χ2n) is 6.38. The van der Waals surface area contributed by atoms with Crippen molar-refractivity contribution in [2.24, 2.45) is 5.92 Å². The molecule has 0 amide bonds. The van der Waals surface area contributed by atoms with Gasteiger partial charge in [-0.2, -0.15) is 0 Å². The minimum absolute atomic E-state index is 0.0683. The third kappa shape index (κ3) is 4.92. The van der Waals surface area contributed by atoms with Gasteiger partial charge in [0.2, 0.25) is 0 Å². The lowest BCUT2D eigenvalue weighted by molar-refractivity contribution is -0.135. The van der Waals surface area contributed by atoms with Crippen LogP contribution in [-0.2, 0) is 27.2 Å². The van der Waals surface area contributed by atoms with Gasteiger partial charge in [-0.25, -0.2) is 4.79 Å². The molecule has 0 radical (unpaired) electrons. The van der Waals surface area contributed by atoms with Gasteiger partial charge in [0.15, 0.2) is 5.78 Å². The Labute approximate surface area is 144 Å². The maximum atomic E-state index is 11.8. The third-order valence-corrected chi connectivity index (χ3v) is 4.58. The maximum Gasteiger partial charge on any atom is 0.337 e. The molecule has 0 bridgehead atoms. The molecule has 0 aliphatic heterocycles. The summed E-state index contributed by atoms with van der Waals surface area (Å²) in [5.41, 5.74) is 4.56. The highest BCUT2D eigenvalue weighted by Gasteiger charge is 2.17. The summed E-state index contributed by atoms with van der Waals surface area (Å²) < 4.78 is 4.77. The molecule has 0 heterocycles. The first kappa shape index (κ1) is 18.2. The highest BCUT2D eigenvalue weighted by Crippen LogP contribution is 2.22. The Kier molecular flexibility index (Phi) is 6.53. The maximum absolute atomic E-state index is 11.8. The van der Waals surface area contributed by atoms with E-state index in [1.165, 1.54) is 29.9 Å².